The molecule has 2 heterocycles. The number of amides is 1. The fourth-order valence-electron chi connectivity index (χ4n) is 3.37. The Morgan fingerprint density at radius 2 is 1.66 bits per heavy atom. The van der Waals surface area contributed by atoms with Crippen molar-refractivity contribution in [2.45, 2.75) is 25.3 Å². The summed E-state index contributed by atoms with van der Waals surface area (Å²) >= 11 is 0.978. The molecule has 0 radical (unpaired) electrons. The van der Waals surface area contributed by atoms with Crippen LogP contribution in [0.15, 0.2) is 66.2 Å². The number of nitrogens with one attached hydrogen (secondary N) is 1. The van der Waals surface area contributed by atoms with Gasteiger partial charge in [-0.2, -0.15) is 0 Å². The number of hydrogen-bond donors (Lipinski definition) is 2. The zero-order chi connectivity index (χ0) is 20.2. The van der Waals surface area contributed by atoms with Gasteiger partial charge in [0.25, 0.3) is 5.91 Å². The van der Waals surface area contributed by atoms with Gasteiger partial charge in [-0.25, -0.2) is 0 Å². The number of carbonyl (C=O) groups is 2. The summed E-state index contributed by atoms with van der Waals surface area (Å²) in [5, 5.41) is 17.5. The lowest BCUT2D eigenvalue weighted by molar-refractivity contribution is -0.117. The van der Waals surface area contributed by atoms with Crippen molar-refractivity contribution in [1.82, 2.24) is 14.9 Å². The van der Waals surface area contributed by atoms with Crippen molar-refractivity contribution in [1.29, 1.82) is 0 Å². The fraction of sp³-hybridized carbons (Fsp3) is 0.182. The van der Waals surface area contributed by atoms with Gasteiger partial charge in [-0.05, 0) is 35.5 Å². The first kappa shape index (κ1) is 19.0. The fourth-order valence-corrected chi connectivity index (χ4v) is 4.00. The molecule has 2 aromatic carbocycles. The first-order valence-electron chi connectivity index (χ1n) is 9.31. The molecule has 0 bridgehead atoms. The van der Waals surface area contributed by atoms with E-state index in [1.54, 1.807) is 0 Å². The van der Waals surface area contributed by atoms with E-state index in [2.05, 4.69) is 14.9 Å². The first-order valence-corrected chi connectivity index (χ1v) is 10.1. The van der Waals surface area contributed by atoms with Crippen LogP contribution in [0.5, 0.6) is 0 Å². The van der Waals surface area contributed by atoms with Gasteiger partial charge in [0, 0.05) is 6.42 Å². The van der Waals surface area contributed by atoms with Crippen molar-refractivity contribution in [2.24, 2.45) is 0 Å². The van der Waals surface area contributed by atoms with Gasteiger partial charge >= 0.3 is 0 Å². The molecular formula is C22H19N3O3S. The number of rotatable bonds is 6. The second kappa shape index (κ2) is 8.36. The molecule has 1 aromatic heterocycles. The molecule has 7 heteroatoms. The van der Waals surface area contributed by atoms with Crippen molar-refractivity contribution < 1.29 is 14.7 Å². The normalized spacial score (nSPS) is 18.0. The molecule has 1 aliphatic heterocycles. The Morgan fingerprint density at radius 3 is 2.34 bits per heavy atom. The van der Waals surface area contributed by atoms with E-state index in [1.165, 1.54) is 0 Å². The molecule has 1 amide bonds. The number of carbonyl (C=O) groups excluding carboxylic acids is 2. The van der Waals surface area contributed by atoms with Crippen LogP contribution in [-0.4, -0.2) is 32.4 Å². The van der Waals surface area contributed by atoms with Crippen molar-refractivity contribution in [3.8, 4) is 0 Å². The topological polar surface area (TPSA) is 92.2 Å². The minimum Gasteiger partial charge on any atom is -0.505 e. The van der Waals surface area contributed by atoms with Crippen LogP contribution in [0.25, 0.3) is 5.76 Å². The Kier molecular flexibility index (Phi) is 5.48. The summed E-state index contributed by atoms with van der Waals surface area (Å²) < 4.78 is 3.91. The molecule has 1 atom stereocenters. The van der Waals surface area contributed by atoms with E-state index < -0.39 is 11.9 Å². The quantitative estimate of drug-likeness (QED) is 0.374. The van der Waals surface area contributed by atoms with E-state index in [-0.39, 0.29) is 17.1 Å². The molecule has 4 rings (SSSR count). The van der Waals surface area contributed by atoms with Crippen molar-refractivity contribution in [3.05, 3.63) is 87.9 Å². The van der Waals surface area contributed by atoms with Crippen molar-refractivity contribution in [2.75, 3.05) is 0 Å². The van der Waals surface area contributed by atoms with Crippen molar-refractivity contribution >= 4 is 29.0 Å². The average molecular weight is 405 g/mol. The highest BCUT2D eigenvalue weighted by Crippen LogP contribution is 2.28. The number of benzene rings is 2. The lowest BCUT2D eigenvalue weighted by Crippen LogP contribution is -2.29. The third-order valence-corrected chi connectivity index (χ3v) is 5.66. The Labute approximate surface area is 172 Å². The number of Topliss-reactive ketones (excluding diaryl/α,β-unsaturated/α-hetero) is 1. The molecule has 146 valence electrons. The summed E-state index contributed by atoms with van der Waals surface area (Å²) in [6.45, 7) is 0. The SMILES string of the molecule is O=C1NC(CCc2ccccc2)C(=O)C1=C(O)c1snnc1Cc1ccccc1. The highest BCUT2D eigenvalue weighted by atomic mass is 32.1. The standard InChI is InChI=1S/C22H19N3O3S/c26-19-16(12-11-14-7-3-1-4-8-14)23-22(28)18(19)20(27)21-17(24-25-29-21)13-15-9-5-2-6-10-15/h1-10,16,27H,11-13H2,(H,23,28). The summed E-state index contributed by atoms with van der Waals surface area (Å²) in [4.78, 5) is 25.6. The second-order valence-corrected chi connectivity index (χ2v) is 7.60. The second-order valence-electron chi connectivity index (χ2n) is 6.85. The Balaban J connectivity index is 1.54. The van der Waals surface area contributed by atoms with Crippen LogP contribution in [0.3, 0.4) is 0 Å². The smallest absolute Gasteiger partial charge is 0.259 e. The van der Waals surface area contributed by atoms with Crippen LogP contribution in [0.1, 0.15) is 28.1 Å². The van der Waals surface area contributed by atoms with Gasteiger partial charge in [0.2, 0.25) is 0 Å². The molecule has 29 heavy (non-hydrogen) atoms. The van der Waals surface area contributed by atoms with Gasteiger partial charge < -0.3 is 10.4 Å². The van der Waals surface area contributed by atoms with Crippen LogP contribution in [0, 0.1) is 0 Å². The van der Waals surface area contributed by atoms with Gasteiger partial charge in [0.05, 0.1) is 11.7 Å². The van der Waals surface area contributed by atoms with Crippen LogP contribution in [-0.2, 0) is 22.4 Å². The van der Waals surface area contributed by atoms with Gasteiger partial charge in [-0.1, -0.05) is 65.2 Å². The molecule has 0 aliphatic carbocycles. The predicted molar refractivity (Wildman–Crippen MR) is 110 cm³/mol. The summed E-state index contributed by atoms with van der Waals surface area (Å²) in [5.74, 6) is -1.28. The predicted octanol–water partition coefficient (Wildman–Crippen LogP) is 3.10. The Bertz CT molecular complexity index is 1060. The third kappa shape index (κ3) is 4.09. The summed E-state index contributed by atoms with van der Waals surface area (Å²) in [6.07, 6.45) is 1.59. The number of aromatic nitrogens is 2. The minimum atomic E-state index is -0.640. The molecule has 1 saturated heterocycles. The number of ketones is 1. The van der Waals surface area contributed by atoms with Gasteiger partial charge in [0.15, 0.2) is 11.5 Å². The maximum Gasteiger partial charge on any atom is 0.259 e. The van der Waals surface area contributed by atoms with Crippen LogP contribution < -0.4 is 5.32 Å². The van der Waals surface area contributed by atoms with E-state index in [0.717, 1.165) is 22.7 Å². The number of aliphatic hydroxyl groups excluding tert-OH is 1. The molecule has 1 unspecified atom stereocenters. The van der Waals surface area contributed by atoms with E-state index in [0.29, 0.717) is 29.8 Å². The Morgan fingerprint density at radius 1 is 1.00 bits per heavy atom. The summed E-state index contributed by atoms with van der Waals surface area (Å²) in [6, 6.07) is 18.8. The van der Waals surface area contributed by atoms with E-state index >= 15 is 0 Å². The van der Waals surface area contributed by atoms with Crippen LogP contribution in [0.2, 0.25) is 0 Å². The lowest BCUT2D eigenvalue weighted by atomic mass is 10.0. The molecular weight excluding hydrogens is 386 g/mol. The molecule has 1 aliphatic rings. The van der Waals surface area contributed by atoms with Gasteiger partial charge in [-0.3, -0.25) is 9.59 Å². The third-order valence-electron chi connectivity index (χ3n) is 4.88. The average Bonchev–Trinajstić information content (AvgIpc) is 3.31. The zero-order valence-corrected chi connectivity index (χ0v) is 16.4. The highest BCUT2D eigenvalue weighted by Gasteiger charge is 2.39. The lowest BCUT2D eigenvalue weighted by Gasteiger charge is -2.07. The first-order chi connectivity index (χ1) is 14.1. The van der Waals surface area contributed by atoms with Gasteiger partial charge in [0.1, 0.15) is 10.5 Å². The molecule has 3 aromatic rings. The summed E-state index contributed by atoms with van der Waals surface area (Å²) in [7, 11) is 0. The van der Waals surface area contributed by atoms with E-state index in [4.69, 9.17) is 0 Å². The monoisotopic (exact) mass is 405 g/mol. The maximum atomic E-state index is 12.8. The van der Waals surface area contributed by atoms with Crippen LogP contribution in [0.4, 0.5) is 0 Å². The molecule has 0 spiro atoms. The van der Waals surface area contributed by atoms with E-state index in [1.807, 2.05) is 60.7 Å². The Hall–Kier alpha value is -3.32. The molecule has 0 saturated carbocycles. The molecule has 6 nitrogen and oxygen atoms in total. The number of hydrogen-bond acceptors (Lipinski definition) is 6. The van der Waals surface area contributed by atoms with Crippen molar-refractivity contribution in [3.63, 3.8) is 0 Å². The molecule has 1 fully saturated rings. The highest BCUT2D eigenvalue weighted by molar-refractivity contribution is 7.06. The molecule has 2 N–H and O–H groups in total. The van der Waals surface area contributed by atoms with E-state index in [9.17, 15) is 14.7 Å². The van der Waals surface area contributed by atoms with Gasteiger partial charge in [-0.15, -0.1) is 5.10 Å². The largest absolute Gasteiger partial charge is 0.505 e. The number of aliphatic hydroxyl groups is 1. The maximum absolute atomic E-state index is 12.8. The zero-order valence-electron chi connectivity index (χ0n) is 15.5. The number of nitrogens with zero attached hydrogens (tertiary/aromatic N) is 2. The minimum absolute atomic E-state index is 0.205. The number of aryl methyl sites for hydroxylation is 1. The summed E-state index contributed by atoms with van der Waals surface area (Å²) in [5.41, 5.74) is 2.43. The van der Waals surface area contributed by atoms with Crippen LogP contribution >= 0.6 is 11.5 Å².